The van der Waals surface area contributed by atoms with Crippen LogP contribution in [0.4, 0.5) is 5.82 Å². The Kier molecular flexibility index (Phi) is 6.34. The Labute approximate surface area is 177 Å². The number of anilines is 1. The van der Waals surface area contributed by atoms with Gasteiger partial charge in [0.1, 0.15) is 5.82 Å². The van der Waals surface area contributed by atoms with Gasteiger partial charge in [0.15, 0.2) is 0 Å². The molecule has 1 aliphatic heterocycles. The molecule has 4 nitrogen and oxygen atoms in total. The Hall–Kier alpha value is -2.14. The second kappa shape index (κ2) is 9.12. The van der Waals surface area contributed by atoms with Gasteiger partial charge in [0.25, 0.3) is 0 Å². The first-order chi connectivity index (χ1) is 14.2. The average Bonchev–Trinajstić information content (AvgIpc) is 2.74. The molecule has 5 heteroatoms. The molecular weight excluding hydrogens is 382 g/mol. The number of rotatable bonds is 6. The van der Waals surface area contributed by atoms with Gasteiger partial charge in [0, 0.05) is 36.6 Å². The number of aryl methyl sites for hydroxylation is 1. The smallest absolute Gasteiger partial charge is 0.126 e. The van der Waals surface area contributed by atoms with Crippen LogP contribution in [0.25, 0.3) is 22.0 Å². The van der Waals surface area contributed by atoms with Crippen LogP contribution in [0.2, 0.25) is 5.02 Å². The third-order valence-electron chi connectivity index (χ3n) is 5.65. The van der Waals surface area contributed by atoms with Crippen LogP contribution in [-0.2, 0) is 11.2 Å². The van der Waals surface area contributed by atoms with Crippen LogP contribution < -0.4 is 5.32 Å². The van der Waals surface area contributed by atoms with Crippen LogP contribution in [0.5, 0.6) is 0 Å². The highest BCUT2D eigenvalue weighted by Crippen LogP contribution is 2.35. The van der Waals surface area contributed by atoms with E-state index in [-0.39, 0.29) is 0 Å². The van der Waals surface area contributed by atoms with Crippen molar-refractivity contribution in [3.05, 3.63) is 58.6 Å². The highest BCUT2D eigenvalue weighted by molar-refractivity contribution is 6.30. The monoisotopic (exact) mass is 409 g/mol. The van der Waals surface area contributed by atoms with Crippen molar-refractivity contribution in [2.75, 3.05) is 44.7 Å². The SMILES string of the molecule is CCc1c(C)cc2nc(NCCN3CCOCC3)ccc2c1-c1ccc(Cl)cc1. The summed E-state index contributed by atoms with van der Waals surface area (Å²) in [4.78, 5) is 7.34. The lowest BCUT2D eigenvalue weighted by Gasteiger charge is -2.26. The van der Waals surface area contributed by atoms with Gasteiger partial charge in [-0.2, -0.15) is 0 Å². The molecule has 0 saturated carbocycles. The van der Waals surface area contributed by atoms with Crippen LogP contribution in [0.1, 0.15) is 18.1 Å². The molecule has 4 rings (SSSR count). The molecule has 0 bridgehead atoms. The average molecular weight is 410 g/mol. The van der Waals surface area contributed by atoms with Crippen LogP contribution in [-0.4, -0.2) is 49.3 Å². The lowest BCUT2D eigenvalue weighted by atomic mass is 9.90. The van der Waals surface area contributed by atoms with Gasteiger partial charge < -0.3 is 10.1 Å². The Morgan fingerprint density at radius 2 is 1.86 bits per heavy atom. The number of benzene rings is 2. The van der Waals surface area contributed by atoms with Crippen LogP contribution in [0, 0.1) is 6.92 Å². The number of morpholine rings is 1. The number of nitrogens with one attached hydrogen (secondary N) is 1. The number of halogens is 1. The number of ether oxygens (including phenoxy) is 1. The number of hydrogen-bond acceptors (Lipinski definition) is 4. The molecule has 1 fully saturated rings. The van der Waals surface area contributed by atoms with Crippen molar-refractivity contribution in [1.82, 2.24) is 9.88 Å². The summed E-state index contributed by atoms with van der Waals surface area (Å²) < 4.78 is 5.41. The predicted octanol–water partition coefficient (Wildman–Crippen LogP) is 5.17. The van der Waals surface area contributed by atoms with Gasteiger partial charge in [-0.1, -0.05) is 30.7 Å². The van der Waals surface area contributed by atoms with Gasteiger partial charge in [-0.15, -0.1) is 0 Å². The molecule has 0 unspecified atom stereocenters. The highest BCUT2D eigenvalue weighted by atomic mass is 35.5. The fourth-order valence-corrected chi connectivity index (χ4v) is 4.24. The summed E-state index contributed by atoms with van der Waals surface area (Å²) in [6, 6.07) is 14.6. The standard InChI is InChI=1S/C24H28ClN3O/c1-3-20-17(2)16-22-21(24(20)18-4-6-19(25)7-5-18)8-9-23(27-22)26-10-11-28-12-14-29-15-13-28/h4-9,16H,3,10-15H2,1-2H3,(H,26,27). The normalized spacial score (nSPS) is 15.0. The topological polar surface area (TPSA) is 37.4 Å². The van der Waals surface area contributed by atoms with Gasteiger partial charge >= 0.3 is 0 Å². The van der Waals surface area contributed by atoms with Crippen molar-refractivity contribution in [2.45, 2.75) is 20.3 Å². The first-order valence-corrected chi connectivity index (χ1v) is 10.8. The van der Waals surface area contributed by atoms with E-state index in [9.17, 15) is 0 Å². The Morgan fingerprint density at radius 1 is 1.10 bits per heavy atom. The quantitative estimate of drug-likeness (QED) is 0.609. The first-order valence-electron chi connectivity index (χ1n) is 10.4. The van der Waals surface area contributed by atoms with E-state index in [2.05, 4.69) is 54.4 Å². The first kappa shape index (κ1) is 20.1. The summed E-state index contributed by atoms with van der Waals surface area (Å²) in [5.74, 6) is 0.927. The van der Waals surface area contributed by atoms with Gasteiger partial charge in [-0.25, -0.2) is 4.98 Å². The Balaban J connectivity index is 1.62. The van der Waals surface area contributed by atoms with Crippen LogP contribution in [0.3, 0.4) is 0 Å². The Bertz CT molecular complexity index is 982. The summed E-state index contributed by atoms with van der Waals surface area (Å²) in [5.41, 5.74) is 6.14. The number of fused-ring (bicyclic) bond motifs is 1. The molecule has 2 aromatic carbocycles. The van der Waals surface area contributed by atoms with Gasteiger partial charge in [0.2, 0.25) is 0 Å². The van der Waals surface area contributed by atoms with E-state index in [0.29, 0.717) is 0 Å². The molecule has 29 heavy (non-hydrogen) atoms. The minimum Gasteiger partial charge on any atom is -0.379 e. The molecular formula is C24H28ClN3O. The summed E-state index contributed by atoms with van der Waals surface area (Å²) in [5, 5.41) is 5.43. The van der Waals surface area contributed by atoms with E-state index in [1.165, 1.54) is 27.6 Å². The Morgan fingerprint density at radius 3 is 2.59 bits per heavy atom. The number of nitrogens with zero attached hydrogens (tertiary/aromatic N) is 2. The van der Waals surface area contributed by atoms with Gasteiger partial charge in [0.05, 0.1) is 18.7 Å². The van der Waals surface area contributed by atoms with Crippen molar-refractivity contribution in [1.29, 1.82) is 0 Å². The molecule has 3 aromatic rings. The summed E-state index contributed by atoms with van der Waals surface area (Å²) in [6.45, 7) is 9.97. The maximum absolute atomic E-state index is 6.12. The van der Waals surface area contributed by atoms with Crippen LogP contribution >= 0.6 is 11.6 Å². The lowest BCUT2D eigenvalue weighted by molar-refractivity contribution is 0.0398. The van der Waals surface area contributed by atoms with E-state index in [4.69, 9.17) is 21.3 Å². The maximum atomic E-state index is 6.12. The lowest BCUT2D eigenvalue weighted by Crippen LogP contribution is -2.39. The van der Waals surface area contributed by atoms with Crippen LogP contribution in [0.15, 0.2) is 42.5 Å². The second-order valence-electron chi connectivity index (χ2n) is 7.55. The zero-order valence-corrected chi connectivity index (χ0v) is 17.9. The molecule has 0 aliphatic carbocycles. The largest absolute Gasteiger partial charge is 0.379 e. The van der Waals surface area contributed by atoms with E-state index in [1.807, 2.05) is 12.1 Å². The zero-order valence-electron chi connectivity index (χ0n) is 17.2. The molecule has 1 aliphatic rings. The van der Waals surface area contributed by atoms with Gasteiger partial charge in [-0.05, 0) is 65.9 Å². The molecule has 1 saturated heterocycles. The third-order valence-corrected chi connectivity index (χ3v) is 5.90. The molecule has 1 N–H and O–H groups in total. The minimum atomic E-state index is 0.758. The molecule has 1 aromatic heterocycles. The van der Waals surface area contributed by atoms with Crippen molar-refractivity contribution >= 4 is 28.3 Å². The molecule has 152 valence electrons. The predicted molar refractivity (Wildman–Crippen MR) is 122 cm³/mol. The molecule has 0 spiro atoms. The third kappa shape index (κ3) is 4.55. The van der Waals surface area contributed by atoms with E-state index >= 15 is 0 Å². The van der Waals surface area contributed by atoms with Gasteiger partial charge in [-0.3, -0.25) is 4.90 Å². The summed E-state index contributed by atoms with van der Waals surface area (Å²) in [6.07, 6.45) is 0.985. The molecule has 0 amide bonds. The molecule has 2 heterocycles. The van der Waals surface area contributed by atoms with Crippen molar-refractivity contribution < 1.29 is 4.74 Å². The molecule has 0 atom stereocenters. The fourth-order valence-electron chi connectivity index (χ4n) is 4.12. The molecule has 0 radical (unpaired) electrons. The highest BCUT2D eigenvalue weighted by Gasteiger charge is 2.14. The zero-order chi connectivity index (χ0) is 20.2. The van der Waals surface area contributed by atoms with E-state index in [1.54, 1.807) is 0 Å². The summed E-state index contributed by atoms with van der Waals surface area (Å²) >= 11 is 6.12. The number of aromatic nitrogens is 1. The van der Waals surface area contributed by atoms with Crippen molar-refractivity contribution in [3.8, 4) is 11.1 Å². The fraction of sp³-hybridized carbons (Fsp3) is 0.375. The number of hydrogen-bond donors (Lipinski definition) is 1. The van der Waals surface area contributed by atoms with Crippen molar-refractivity contribution in [2.24, 2.45) is 0 Å². The minimum absolute atomic E-state index is 0.758. The van der Waals surface area contributed by atoms with E-state index in [0.717, 1.165) is 62.2 Å². The van der Waals surface area contributed by atoms with E-state index < -0.39 is 0 Å². The van der Waals surface area contributed by atoms with Crippen molar-refractivity contribution in [3.63, 3.8) is 0 Å². The number of pyridine rings is 1. The maximum Gasteiger partial charge on any atom is 0.126 e. The summed E-state index contributed by atoms with van der Waals surface area (Å²) in [7, 11) is 0. The second-order valence-corrected chi connectivity index (χ2v) is 7.99.